The summed E-state index contributed by atoms with van der Waals surface area (Å²) in [7, 11) is -2.29. The molecule has 2 nitrogen and oxygen atoms in total. The van der Waals surface area contributed by atoms with E-state index in [-0.39, 0.29) is 5.25 Å². The smallest absolute Gasteiger partial charge is 0.0441 e. The van der Waals surface area contributed by atoms with Crippen LogP contribution in [0.3, 0.4) is 0 Å². The number of rotatable bonds is 2. The van der Waals surface area contributed by atoms with Crippen molar-refractivity contribution in [3.63, 3.8) is 0 Å². The van der Waals surface area contributed by atoms with Crippen molar-refractivity contribution < 1.29 is 4.21 Å². The monoisotopic (exact) mass is 203 g/mol. The Morgan fingerprint density at radius 3 is 2.46 bits per heavy atom. The molecule has 0 aromatic heterocycles. The van der Waals surface area contributed by atoms with Crippen LogP contribution in [0.2, 0.25) is 0 Å². The van der Waals surface area contributed by atoms with Crippen LogP contribution in [0.5, 0.6) is 0 Å². The first kappa shape index (κ1) is 11.0. The Balaban J connectivity index is 2.62. The summed E-state index contributed by atoms with van der Waals surface area (Å²) < 4.78 is 19.2. The quantitative estimate of drug-likeness (QED) is 0.736. The van der Waals surface area contributed by atoms with Crippen molar-refractivity contribution in [2.45, 2.75) is 44.8 Å². The first-order valence-electron chi connectivity index (χ1n) is 5.14. The summed E-state index contributed by atoms with van der Waals surface area (Å²) in [6.07, 6.45) is 6.04. The second-order valence-corrected chi connectivity index (χ2v) is 7.17. The molecule has 0 amide bonds. The molecule has 0 saturated heterocycles. The van der Waals surface area contributed by atoms with Crippen LogP contribution >= 0.6 is 0 Å². The van der Waals surface area contributed by atoms with Gasteiger partial charge in [-0.25, -0.2) is 4.21 Å². The predicted molar refractivity (Wildman–Crippen MR) is 57.4 cm³/mol. The molecule has 78 valence electrons. The van der Waals surface area contributed by atoms with Crippen molar-refractivity contribution in [3.05, 3.63) is 0 Å². The number of hydrogen-bond acceptors (Lipinski definition) is 2. The van der Waals surface area contributed by atoms with Gasteiger partial charge < -0.3 is 0 Å². The minimum Gasteiger partial charge on any atom is -0.253 e. The first-order chi connectivity index (χ1) is 5.91. The highest BCUT2D eigenvalue weighted by atomic mass is 32.2. The Bertz CT molecular complexity index is 256. The van der Waals surface area contributed by atoms with Crippen LogP contribution in [0.4, 0.5) is 0 Å². The highest BCUT2D eigenvalue weighted by Crippen LogP contribution is 2.32. The molecule has 0 bridgehead atoms. The van der Waals surface area contributed by atoms with Gasteiger partial charge in [-0.05, 0) is 24.7 Å². The molecule has 1 N–H and O–H groups in total. The Morgan fingerprint density at radius 2 is 2.00 bits per heavy atom. The summed E-state index contributed by atoms with van der Waals surface area (Å²) in [6.45, 7) is 4.46. The van der Waals surface area contributed by atoms with Gasteiger partial charge in [0.15, 0.2) is 0 Å². The lowest BCUT2D eigenvalue weighted by Gasteiger charge is -2.31. The molecule has 1 aliphatic rings. The second-order valence-electron chi connectivity index (χ2n) is 4.70. The maximum atomic E-state index is 11.6. The number of hydrogen-bond donors (Lipinski definition) is 1. The van der Waals surface area contributed by atoms with Gasteiger partial charge in [0.25, 0.3) is 0 Å². The third kappa shape index (κ3) is 2.97. The van der Waals surface area contributed by atoms with Crippen molar-refractivity contribution in [1.29, 1.82) is 4.78 Å². The summed E-state index contributed by atoms with van der Waals surface area (Å²) in [4.78, 5) is 0. The highest BCUT2D eigenvalue weighted by Gasteiger charge is 2.28. The van der Waals surface area contributed by atoms with Gasteiger partial charge >= 0.3 is 0 Å². The maximum absolute atomic E-state index is 11.6. The molecule has 13 heavy (non-hydrogen) atoms. The molecule has 3 unspecified atom stereocenters. The van der Waals surface area contributed by atoms with Crippen LogP contribution in [-0.4, -0.2) is 15.7 Å². The molecule has 0 aromatic rings. The topological polar surface area (TPSA) is 40.9 Å². The van der Waals surface area contributed by atoms with E-state index in [2.05, 4.69) is 13.8 Å². The molecular weight excluding hydrogens is 182 g/mol. The SMILES string of the molecule is CC(C)C1CCCC(S(C)(=N)=O)C1. The zero-order chi connectivity index (χ0) is 10.1. The molecule has 3 atom stereocenters. The van der Waals surface area contributed by atoms with Crippen LogP contribution in [-0.2, 0) is 9.73 Å². The number of nitrogens with one attached hydrogen (secondary N) is 1. The Morgan fingerprint density at radius 1 is 1.38 bits per heavy atom. The van der Waals surface area contributed by atoms with E-state index in [9.17, 15) is 4.21 Å². The zero-order valence-electron chi connectivity index (χ0n) is 8.88. The van der Waals surface area contributed by atoms with Crippen molar-refractivity contribution in [2.75, 3.05) is 6.26 Å². The Labute approximate surface area is 82.1 Å². The lowest BCUT2D eigenvalue weighted by molar-refractivity contribution is 0.282. The van der Waals surface area contributed by atoms with Crippen LogP contribution in [0.1, 0.15) is 39.5 Å². The third-order valence-corrected chi connectivity index (χ3v) is 4.95. The molecule has 0 spiro atoms. The molecule has 1 aliphatic carbocycles. The van der Waals surface area contributed by atoms with Crippen molar-refractivity contribution in [2.24, 2.45) is 11.8 Å². The largest absolute Gasteiger partial charge is 0.253 e. The molecule has 0 aliphatic heterocycles. The third-order valence-electron chi connectivity index (χ3n) is 3.25. The van der Waals surface area contributed by atoms with Gasteiger partial charge in [0.1, 0.15) is 0 Å². The lowest BCUT2D eigenvalue weighted by atomic mass is 9.81. The zero-order valence-corrected chi connectivity index (χ0v) is 9.69. The van der Waals surface area contributed by atoms with Gasteiger partial charge in [0, 0.05) is 21.2 Å². The van der Waals surface area contributed by atoms with E-state index in [0.29, 0.717) is 11.8 Å². The van der Waals surface area contributed by atoms with Gasteiger partial charge in [-0.2, -0.15) is 0 Å². The fourth-order valence-corrected chi connectivity index (χ4v) is 3.43. The predicted octanol–water partition coefficient (Wildman–Crippen LogP) is 2.88. The van der Waals surface area contributed by atoms with E-state index < -0.39 is 9.73 Å². The van der Waals surface area contributed by atoms with Crippen molar-refractivity contribution >= 4 is 9.73 Å². The van der Waals surface area contributed by atoms with Crippen molar-refractivity contribution in [1.82, 2.24) is 0 Å². The first-order valence-corrected chi connectivity index (χ1v) is 7.17. The maximum Gasteiger partial charge on any atom is 0.0441 e. The Hall–Kier alpha value is -0.0500. The Kier molecular flexibility index (Phi) is 3.38. The molecule has 3 heteroatoms. The minimum absolute atomic E-state index is 0.161. The fourth-order valence-electron chi connectivity index (χ4n) is 2.20. The molecule has 1 rings (SSSR count). The van der Waals surface area contributed by atoms with Gasteiger partial charge in [0.2, 0.25) is 0 Å². The van der Waals surface area contributed by atoms with Crippen LogP contribution in [0.25, 0.3) is 0 Å². The summed E-state index contributed by atoms with van der Waals surface area (Å²) in [5.41, 5.74) is 0. The molecule has 1 saturated carbocycles. The second kappa shape index (κ2) is 3.99. The summed E-state index contributed by atoms with van der Waals surface area (Å²) in [5.74, 6) is 1.38. The summed E-state index contributed by atoms with van der Waals surface area (Å²) in [5, 5.41) is 0.161. The van der Waals surface area contributed by atoms with Crippen LogP contribution < -0.4 is 0 Å². The minimum atomic E-state index is -2.29. The summed E-state index contributed by atoms with van der Waals surface area (Å²) in [6, 6.07) is 0. The van der Waals surface area contributed by atoms with E-state index in [4.69, 9.17) is 4.78 Å². The standard InChI is InChI=1S/C10H21NOS/c1-8(2)9-5-4-6-10(7-9)13(3,11)12/h8-11H,4-7H2,1-3H3. The van der Waals surface area contributed by atoms with Crippen LogP contribution in [0, 0.1) is 16.6 Å². The normalized spacial score (nSPS) is 34.5. The molecular formula is C10H21NOS. The molecule has 0 radical (unpaired) electrons. The molecule has 1 fully saturated rings. The van der Waals surface area contributed by atoms with E-state index in [1.807, 2.05) is 0 Å². The molecule has 0 aromatic carbocycles. The fraction of sp³-hybridized carbons (Fsp3) is 1.00. The van der Waals surface area contributed by atoms with Crippen LogP contribution in [0.15, 0.2) is 0 Å². The molecule has 0 heterocycles. The van der Waals surface area contributed by atoms with Gasteiger partial charge in [-0.3, -0.25) is 4.78 Å². The van der Waals surface area contributed by atoms with Gasteiger partial charge in [-0.1, -0.05) is 26.7 Å². The van der Waals surface area contributed by atoms with E-state index >= 15 is 0 Å². The highest BCUT2D eigenvalue weighted by molar-refractivity contribution is 7.92. The van der Waals surface area contributed by atoms with E-state index in [1.165, 1.54) is 6.42 Å². The van der Waals surface area contributed by atoms with Gasteiger partial charge in [0.05, 0.1) is 0 Å². The van der Waals surface area contributed by atoms with Crippen molar-refractivity contribution in [3.8, 4) is 0 Å². The van der Waals surface area contributed by atoms with E-state index in [0.717, 1.165) is 19.3 Å². The average molecular weight is 203 g/mol. The summed E-state index contributed by atoms with van der Waals surface area (Å²) >= 11 is 0. The average Bonchev–Trinajstić information content (AvgIpc) is 2.03. The van der Waals surface area contributed by atoms with E-state index in [1.54, 1.807) is 6.26 Å². The lowest BCUT2D eigenvalue weighted by Crippen LogP contribution is -2.28. The van der Waals surface area contributed by atoms with Gasteiger partial charge in [-0.15, -0.1) is 0 Å².